The Kier molecular flexibility index (Phi) is 8.64. The topological polar surface area (TPSA) is 37.3 Å². The van der Waals surface area contributed by atoms with E-state index in [0.29, 0.717) is 0 Å². The van der Waals surface area contributed by atoms with Crippen LogP contribution in [-0.2, 0) is 4.79 Å². The van der Waals surface area contributed by atoms with Crippen LogP contribution in [-0.4, -0.2) is 11.1 Å². The second-order valence-electron chi connectivity index (χ2n) is 6.21. The van der Waals surface area contributed by atoms with E-state index < -0.39 is 5.97 Å². The summed E-state index contributed by atoms with van der Waals surface area (Å²) in [6.07, 6.45) is 14.3. The fraction of sp³-hybridized carbons (Fsp3) is 0.833. The molecule has 0 aliphatic heterocycles. The lowest BCUT2D eigenvalue weighted by atomic mass is 9.98. The second-order valence-corrected chi connectivity index (χ2v) is 6.21. The van der Waals surface area contributed by atoms with Crippen LogP contribution in [0.1, 0.15) is 90.9 Å². The standard InChI is InChI=1S/C18H32O2/c1-3-5-7-8-9-11-12-15-14-17(15)16(18(19)20)13-10-6-4-2/h16H,3-14H2,1-2H3,(H,19,20). The summed E-state index contributed by atoms with van der Waals surface area (Å²) in [6, 6.07) is 0. The van der Waals surface area contributed by atoms with E-state index in [1.807, 2.05) is 0 Å². The molecule has 0 aromatic rings. The summed E-state index contributed by atoms with van der Waals surface area (Å²) in [5.74, 6) is -0.773. The monoisotopic (exact) mass is 280 g/mol. The van der Waals surface area contributed by atoms with E-state index >= 15 is 0 Å². The first kappa shape index (κ1) is 17.3. The Labute approximate surface area is 124 Å². The van der Waals surface area contributed by atoms with Crippen molar-refractivity contribution in [3.05, 3.63) is 11.1 Å². The molecule has 0 saturated heterocycles. The maximum Gasteiger partial charge on any atom is 0.310 e. The summed E-state index contributed by atoms with van der Waals surface area (Å²) in [6.45, 7) is 4.40. The molecule has 0 fully saturated rings. The van der Waals surface area contributed by atoms with E-state index in [4.69, 9.17) is 0 Å². The Morgan fingerprint density at radius 1 is 1.00 bits per heavy atom. The molecule has 1 atom stereocenters. The minimum absolute atomic E-state index is 0.170. The van der Waals surface area contributed by atoms with Gasteiger partial charge in [0.15, 0.2) is 0 Å². The summed E-state index contributed by atoms with van der Waals surface area (Å²) in [5, 5.41) is 9.34. The summed E-state index contributed by atoms with van der Waals surface area (Å²) in [7, 11) is 0. The van der Waals surface area contributed by atoms with Gasteiger partial charge in [-0.3, -0.25) is 4.79 Å². The molecule has 0 spiro atoms. The zero-order chi connectivity index (χ0) is 14.8. The number of unbranched alkanes of at least 4 members (excludes halogenated alkanes) is 7. The van der Waals surface area contributed by atoms with Crippen LogP contribution in [0.15, 0.2) is 11.1 Å². The van der Waals surface area contributed by atoms with Gasteiger partial charge in [0, 0.05) is 0 Å². The highest BCUT2D eigenvalue weighted by molar-refractivity contribution is 5.76. The third-order valence-corrected chi connectivity index (χ3v) is 4.38. The van der Waals surface area contributed by atoms with Crippen LogP contribution in [0.2, 0.25) is 0 Å². The Hall–Kier alpha value is -0.790. The third kappa shape index (κ3) is 6.58. The molecule has 0 bridgehead atoms. The number of carboxylic acids is 1. The normalized spacial score (nSPS) is 15.5. The van der Waals surface area contributed by atoms with E-state index in [2.05, 4.69) is 13.8 Å². The van der Waals surface area contributed by atoms with Gasteiger partial charge in [-0.15, -0.1) is 0 Å². The fourth-order valence-corrected chi connectivity index (χ4v) is 2.97. The molecule has 0 saturated carbocycles. The van der Waals surface area contributed by atoms with Crippen molar-refractivity contribution < 1.29 is 9.90 Å². The second kappa shape index (κ2) is 10.0. The van der Waals surface area contributed by atoms with Crippen LogP contribution in [0, 0.1) is 5.92 Å². The molecule has 1 rings (SSSR count). The number of hydrogen-bond acceptors (Lipinski definition) is 1. The third-order valence-electron chi connectivity index (χ3n) is 4.38. The highest BCUT2D eigenvalue weighted by Crippen LogP contribution is 2.42. The molecule has 1 aliphatic carbocycles. The lowest BCUT2D eigenvalue weighted by Gasteiger charge is -2.07. The molecule has 0 aromatic carbocycles. The van der Waals surface area contributed by atoms with Crippen molar-refractivity contribution in [1.82, 2.24) is 0 Å². The predicted molar refractivity (Wildman–Crippen MR) is 84.9 cm³/mol. The van der Waals surface area contributed by atoms with E-state index in [1.165, 1.54) is 49.7 Å². The van der Waals surface area contributed by atoms with E-state index in [0.717, 1.165) is 38.5 Å². The van der Waals surface area contributed by atoms with E-state index in [9.17, 15) is 9.90 Å². The molecular formula is C18H32O2. The molecule has 0 radical (unpaired) electrons. The van der Waals surface area contributed by atoms with Gasteiger partial charge in [0.25, 0.3) is 0 Å². The number of aliphatic carboxylic acids is 1. The average Bonchev–Trinajstić information content (AvgIpc) is 3.17. The molecule has 1 aliphatic rings. The lowest BCUT2D eigenvalue weighted by molar-refractivity contribution is -0.140. The van der Waals surface area contributed by atoms with Crippen molar-refractivity contribution in [2.24, 2.45) is 5.92 Å². The molecule has 1 unspecified atom stereocenters. The maximum absolute atomic E-state index is 11.3. The summed E-state index contributed by atoms with van der Waals surface area (Å²) < 4.78 is 0. The molecule has 0 heterocycles. The number of rotatable bonds is 13. The van der Waals surface area contributed by atoms with Crippen molar-refractivity contribution >= 4 is 5.97 Å². The number of carbonyl (C=O) groups is 1. The largest absolute Gasteiger partial charge is 0.481 e. The van der Waals surface area contributed by atoms with Crippen LogP contribution in [0.3, 0.4) is 0 Å². The van der Waals surface area contributed by atoms with Crippen molar-refractivity contribution in [2.75, 3.05) is 0 Å². The van der Waals surface area contributed by atoms with Crippen molar-refractivity contribution in [1.29, 1.82) is 0 Å². The number of carboxylic acid groups (broad SMARTS) is 1. The molecular weight excluding hydrogens is 248 g/mol. The Morgan fingerprint density at radius 3 is 2.25 bits per heavy atom. The number of allylic oxidation sites excluding steroid dienone is 1. The van der Waals surface area contributed by atoms with Crippen LogP contribution in [0.25, 0.3) is 0 Å². The average molecular weight is 280 g/mol. The molecule has 0 aromatic heterocycles. The quantitative estimate of drug-likeness (QED) is 0.346. The van der Waals surface area contributed by atoms with Crippen molar-refractivity contribution in [3.63, 3.8) is 0 Å². The highest BCUT2D eigenvalue weighted by atomic mass is 16.4. The van der Waals surface area contributed by atoms with Gasteiger partial charge in [-0.05, 0) is 25.7 Å². The van der Waals surface area contributed by atoms with Crippen molar-refractivity contribution in [3.8, 4) is 0 Å². The zero-order valence-corrected chi connectivity index (χ0v) is 13.4. The lowest BCUT2D eigenvalue weighted by Crippen LogP contribution is -2.12. The fourth-order valence-electron chi connectivity index (χ4n) is 2.97. The van der Waals surface area contributed by atoms with Crippen LogP contribution >= 0.6 is 0 Å². The minimum atomic E-state index is -0.603. The van der Waals surface area contributed by atoms with Crippen LogP contribution in [0.4, 0.5) is 0 Å². The first-order valence-electron chi connectivity index (χ1n) is 8.64. The van der Waals surface area contributed by atoms with Crippen LogP contribution < -0.4 is 0 Å². The minimum Gasteiger partial charge on any atom is -0.481 e. The number of hydrogen-bond donors (Lipinski definition) is 1. The Balaban J connectivity index is 2.21. The summed E-state index contributed by atoms with van der Waals surface area (Å²) in [4.78, 5) is 11.3. The summed E-state index contributed by atoms with van der Waals surface area (Å²) in [5.41, 5.74) is 2.73. The molecule has 20 heavy (non-hydrogen) atoms. The molecule has 2 nitrogen and oxygen atoms in total. The Morgan fingerprint density at radius 2 is 1.60 bits per heavy atom. The van der Waals surface area contributed by atoms with Crippen LogP contribution in [0.5, 0.6) is 0 Å². The van der Waals surface area contributed by atoms with E-state index in [1.54, 1.807) is 0 Å². The highest BCUT2D eigenvalue weighted by Gasteiger charge is 2.32. The molecule has 2 heteroatoms. The van der Waals surface area contributed by atoms with Gasteiger partial charge in [0.2, 0.25) is 0 Å². The predicted octanol–water partition coefficient (Wildman–Crippen LogP) is 5.72. The smallest absolute Gasteiger partial charge is 0.310 e. The first-order chi connectivity index (χ1) is 9.70. The molecule has 1 N–H and O–H groups in total. The van der Waals surface area contributed by atoms with Gasteiger partial charge < -0.3 is 5.11 Å². The first-order valence-corrected chi connectivity index (χ1v) is 8.64. The SMILES string of the molecule is CCCCCCCCC1=C(C(CCCCC)C(=O)O)C1. The van der Waals surface area contributed by atoms with Gasteiger partial charge in [0.05, 0.1) is 5.92 Å². The Bertz CT molecular complexity index is 317. The van der Waals surface area contributed by atoms with Gasteiger partial charge >= 0.3 is 5.97 Å². The van der Waals surface area contributed by atoms with Gasteiger partial charge in [0.1, 0.15) is 0 Å². The van der Waals surface area contributed by atoms with Gasteiger partial charge in [-0.1, -0.05) is 76.4 Å². The molecule has 0 amide bonds. The van der Waals surface area contributed by atoms with Gasteiger partial charge in [-0.25, -0.2) is 0 Å². The van der Waals surface area contributed by atoms with Crippen molar-refractivity contribution in [2.45, 2.75) is 90.9 Å². The zero-order valence-electron chi connectivity index (χ0n) is 13.4. The molecule has 116 valence electrons. The maximum atomic E-state index is 11.3. The van der Waals surface area contributed by atoms with Gasteiger partial charge in [-0.2, -0.15) is 0 Å². The van der Waals surface area contributed by atoms with E-state index in [-0.39, 0.29) is 5.92 Å². The summed E-state index contributed by atoms with van der Waals surface area (Å²) >= 11 is 0.